The summed E-state index contributed by atoms with van der Waals surface area (Å²) in [5, 5.41) is 7.26. The molecule has 0 aliphatic carbocycles. The number of carbonyl (C=O) groups excluding carboxylic acids is 1. The molecule has 1 saturated heterocycles. The number of fused-ring (bicyclic) bond motifs is 1. The van der Waals surface area contributed by atoms with Gasteiger partial charge in [0.25, 0.3) is 10.1 Å². The van der Waals surface area contributed by atoms with Gasteiger partial charge in [-0.25, -0.2) is 9.42 Å². The number of hydrogen-bond donors (Lipinski definition) is 0. The fraction of sp³-hybridized carbons (Fsp3) is 0.308. The number of cyclic esters (lactones) is 1. The van der Waals surface area contributed by atoms with Crippen molar-refractivity contribution in [3.63, 3.8) is 0 Å². The molecule has 3 rings (SSSR count). The predicted molar refractivity (Wildman–Crippen MR) is 80.6 cm³/mol. The highest BCUT2D eigenvalue weighted by molar-refractivity contribution is 7.87. The number of aromatic nitrogens is 2. The highest BCUT2D eigenvalue weighted by atomic mass is 35.5. The molecule has 0 radical (unpaired) electrons. The minimum absolute atomic E-state index is 0.0418. The molecule has 0 bridgehead atoms. The third-order valence-electron chi connectivity index (χ3n) is 3.24. The number of ether oxygens (including phenoxy) is 1. The quantitative estimate of drug-likeness (QED) is 0.566. The summed E-state index contributed by atoms with van der Waals surface area (Å²) in [5.41, 5.74) is 0.0636. The number of amides is 1. The standard InChI is InChI=1S/C13H10ClN3O6S/c1-2-5-17-6-8(22-13(17)18)7-21-24(19,20)10-4-3-9(14)11-12(10)16-23-15-11/h1,3-4,8H,5-7H2. The Kier molecular flexibility index (Phi) is 4.31. The van der Waals surface area contributed by atoms with Crippen molar-refractivity contribution >= 4 is 38.8 Å². The lowest BCUT2D eigenvalue weighted by Crippen LogP contribution is -2.27. The minimum Gasteiger partial charge on any atom is -0.442 e. The molecule has 126 valence electrons. The maximum absolute atomic E-state index is 12.3. The van der Waals surface area contributed by atoms with Gasteiger partial charge in [-0.1, -0.05) is 17.5 Å². The van der Waals surface area contributed by atoms with Crippen LogP contribution >= 0.6 is 11.6 Å². The van der Waals surface area contributed by atoms with Crippen LogP contribution in [0.3, 0.4) is 0 Å². The summed E-state index contributed by atoms with van der Waals surface area (Å²) in [5.74, 6) is 2.31. The molecule has 1 unspecified atom stereocenters. The van der Waals surface area contributed by atoms with Crippen LogP contribution < -0.4 is 0 Å². The van der Waals surface area contributed by atoms with E-state index in [4.69, 9.17) is 26.9 Å². The number of nitrogens with zero attached hydrogens (tertiary/aromatic N) is 3. The first kappa shape index (κ1) is 16.5. The van der Waals surface area contributed by atoms with Crippen molar-refractivity contribution in [1.82, 2.24) is 15.2 Å². The fourth-order valence-corrected chi connectivity index (χ4v) is 3.40. The van der Waals surface area contributed by atoms with E-state index in [-0.39, 0.29) is 40.6 Å². The Morgan fingerprint density at radius 2 is 2.17 bits per heavy atom. The Morgan fingerprint density at radius 1 is 1.42 bits per heavy atom. The highest BCUT2D eigenvalue weighted by Crippen LogP contribution is 2.27. The van der Waals surface area contributed by atoms with E-state index in [1.807, 2.05) is 0 Å². The second-order valence-corrected chi connectivity index (χ2v) is 6.83. The summed E-state index contributed by atoms with van der Waals surface area (Å²) in [6.07, 6.45) is 3.76. The molecule has 2 heterocycles. The van der Waals surface area contributed by atoms with E-state index >= 15 is 0 Å². The van der Waals surface area contributed by atoms with Crippen LogP contribution in [0.4, 0.5) is 4.79 Å². The van der Waals surface area contributed by atoms with Crippen LogP contribution in [0, 0.1) is 12.3 Å². The molecule has 1 aromatic carbocycles. The summed E-state index contributed by atoms with van der Waals surface area (Å²) in [6, 6.07) is 2.57. The molecule has 24 heavy (non-hydrogen) atoms. The molecule has 0 N–H and O–H groups in total. The van der Waals surface area contributed by atoms with Crippen molar-refractivity contribution in [1.29, 1.82) is 0 Å². The van der Waals surface area contributed by atoms with Gasteiger partial charge in [0.1, 0.15) is 17.6 Å². The lowest BCUT2D eigenvalue weighted by atomic mass is 10.3. The number of terminal acetylenes is 1. The third kappa shape index (κ3) is 3.01. The van der Waals surface area contributed by atoms with Crippen molar-refractivity contribution in [3.05, 3.63) is 17.2 Å². The molecule has 1 aliphatic heterocycles. The van der Waals surface area contributed by atoms with Gasteiger partial charge in [0.2, 0.25) is 0 Å². The fourth-order valence-electron chi connectivity index (χ4n) is 2.15. The van der Waals surface area contributed by atoms with Gasteiger partial charge in [0.15, 0.2) is 11.0 Å². The van der Waals surface area contributed by atoms with Gasteiger partial charge in [-0.15, -0.1) is 6.42 Å². The average molecular weight is 372 g/mol. The van der Waals surface area contributed by atoms with Gasteiger partial charge in [-0.3, -0.25) is 9.08 Å². The summed E-state index contributed by atoms with van der Waals surface area (Å²) in [7, 11) is -4.18. The summed E-state index contributed by atoms with van der Waals surface area (Å²) < 4.78 is 39.1. The molecule has 9 nitrogen and oxygen atoms in total. The van der Waals surface area contributed by atoms with E-state index in [9.17, 15) is 13.2 Å². The first-order valence-electron chi connectivity index (χ1n) is 6.61. The lowest BCUT2D eigenvalue weighted by molar-refractivity contribution is 0.105. The van der Waals surface area contributed by atoms with E-state index < -0.39 is 22.3 Å². The average Bonchev–Trinajstić information content (AvgIpc) is 3.14. The molecule has 0 saturated carbocycles. The van der Waals surface area contributed by atoms with Gasteiger partial charge in [0, 0.05) is 0 Å². The molecular formula is C13H10ClN3O6S. The van der Waals surface area contributed by atoms with Crippen LogP contribution in [0.2, 0.25) is 5.02 Å². The van der Waals surface area contributed by atoms with Gasteiger partial charge >= 0.3 is 6.09 Å². The van der Waals surface area contributed by atoms with Crippen LogP contribution in [-0.4, -0.2) is 55.5 Å². The molecular weight excluding hydrogens is 362 g/mol. The first-order chi connectivity index (χ1) is 11.4. The van der Waals surface area contributed by atoms with E-state index in [0.717, 1.165) is 0 Å². The number of hydrogen-bond acceptors (Lipinski definition) is 8. The summed E-state index contributed by atoms with van der Waals surface area (Å²) >= 11 is 5.89. The second-order valence-electron chi connectivity index (χ2n) is 4.84. The topological polar surface area (TPSA) is 112 Å². The van der Waals surface area contributed by atoms with Crippen LogP contribution in [0.25, 0.3) is 11.0 Å². The lowest BCUT2D eigenvalue weighted by Gasteiger charge is -2.10. The Labute approximate surface area is 141 Å². The van der Waals surface area contributed by atoms with E-state index in [2.05, 4.69) is 20.9 Å². The molecule has 11 heteroatoms. The van der Waals surface area contributed by atoms with Crippen LogP contribution in [0.1, 0.15) is 0 Å². The first-order valence-corrected chi connectivity index (χ1v) is 8.40. The van der Waals surface area contributed by atoms with Gasteiger partial charge in [0.05, 0.1) is 18.1 Å². The van der Waals surface area contributed by atoms with E-state index in [1.165, 1.54) is 17.0 Å². The van der Waals surface area contributed by atoms with Crippen molar-refractivity contribution in [3.8, 4) is 12.3 Å². The Bertz CT molecular complexity index is 935. The van der Waals surface area contributed by atoms with Gasteiger partial charge < -0.3 is 4.74 Å². The molecule has 1 fully saturated rings. The zero-order valence-corrected chi connectivity index (χ0v) is 13.6. The van der Waals surface area contributed by atoms with Gasteiger partial charge in [-0.2, -0.15) is 8.42 Å². The molecule has 1 atom stereocenters. The van der Waals surface area contributed by atoms with Gasteiger partial charge in [-0.05, 0) is 22.4 Å². The maximum atomic E-state index is 12.3. The van der Waals surface area contributed by atoms with Crippen LogP contribution in [-0.2, 0) is 19.0 Å². The normalized spacial score (nSPS) is 17.9. The Hall–Kier alpha value is -2.35. The van der Waals surface area contributed by atoms with Crippen molar-refractivity contribution in [2.75, 3.05) is 19.7 Å². The van der Waals surface area contributed by atoms with Crippen LogP contribution in [0.5, 0.6) is 0 Å². The molecule has 1 aliphatic rings. The molecule has 0 spiro atoms. The number of rotatable bonds is 5. The smallest absolute Gasteiger partial charge is 0.411 e. The molecule has 2 aromatic rings. The predicted octanol–water partition coefficient (Wildman–Crippen LogP) is 1.04. The number of benzene rings is 1. The molecule has 1 amide bonds. The minimum atomic E-state index is -4.18. The highest BCUT2D eigenvalue weighted by Gasteiger charge is 2.33. The third-order valence-corrected chi connectivity index (χ3v) is 4.86. The largest absolute Gasteiger partial charge is 0.442 e. The Balaban J connectivity index is 1.75. The van der Waals surface area contributed by atoms with Crippen molar-refractivity contribution < 1.29 is 26.8 Å². The van der Waals surface area contributed by atoms with Crippen molar-refractivity contribution in [2.24, 2.45) is 0 Å². The number of carbonyl (C=O) groups is 1. The van der Waals surface area contributed by atoms with Crippen LogP contribution in [0.15, 0.2) is 21.7 Å². The Morgan fingerprint density at radius 3 is 2.92 bits per heavy atom. The van der Waals surface area contributed by atoms with Crippen molar-refractivity contribution in [2.45, 2.75) is 11.0 Å². The maximum Gasteiger partial charge on any atom is 0.411 e. The van der Waals surface area contributed by atoms with E-state index in [1.54, 1.807) is 0 Å². The second kappa shape index (κ2) is 6.27. The summed E-state index contributed by atoms with van der Waals surface area (Å²) in [4.78, 5) is 12.5. The number of halogens is 1. The zero-order valence-electron chi connectivity index (χ0n) is 12.0. The SMILES string of the molecule is C#CCN1CC(COS(=O)(=O)c2ccc(Cl)c3nonc23)OC1=O. The van der Waals surface area contributed by atoms with E-state index in [0.29, 0.717) is 0 Å². The molecule has 1 aromatic heterocycles. The summed E-state index contributed by atoms with van der Waals surface area (Å²) in [6.45, 7) is -0.144. The zero-order chi connectivity index (χ0) is 17.3. The monoisotopic (exact) mass is 371 g/mol.